The number of nitrogens with zero attached hydrogens (tertiary/aromatic N) is 3. The van der Waals surface area contributed by atoms with E-state index in [9.17, 15) is 9.90 Å². The summed E-state index contributed by atoms with van der Waals surface area (Å²) in [6, 6.07) is 18.2. The average molecular weight is 346 g/mol. The number of rotatable bonds is 5. The van der Waals surface area contributed by atoms with Gasteiger partial charge in [-0.25, -0.2) is 14.8 Å². The lowest BCUT2D eigenvalue weighted by Crippen LogP contribution is -2.17. The highest BCUT2D eigenvalue weighted by atomic mass is 16.4. The fourth-order valence-corrected chi connectivity index (χ4v) is 2.57. The number of fused-ring (bicyclic) bond motifs is 1. The molecule has 0 saturated heterocycles. The minimum Gasteiger partial charge on any atom is -0.478 e. The van der Waals surface area contributed by atoms with Crippen molar-refractivity contribution in [2.24, 2.45) is 15.7 Å². The molecule has 0 aliphatic rings. The van der Waals surface area contributed by atoms with Crippen LogP contribution in [0.3, 0.4) is 0 Å². The molecular formula is C20H18N4O2. The summed E-state index contributed by atoms with van der Waals surface area (Å²) in [7, 11) is 0. The highest BCUT2D eigenvalue weighted by Gasteiger charge is 2.10. The molecule has 3 rings (SSSR count). The number of hydrogen-bond acceptors (Lipinski definition) is 4. The molecule has 2 aromatic carbocycles. The Morgan fingerprint density at radius 3 is 2.50 bits per heavy atom. The van der Waals surface area contributed by atoms with Gasteiger partial charge in [-0.3, -0.25) is 4.99 Å². The maximum atomic E-state index is 11.3. The predicted molar refractivity (Wildman–Crippen MR) is 104 cm³/mol. The molecule has 3 aromatic rings. The molecule has 1 heterocycles. The molecule has 6 nitrogen and oxygen atoms in total. The molecule has 0 atom stereocenters. The van der Waals surface area contributed by atoms with Crippen molar-refractivity contribution in [2.45, 2.75) is 6.92 Å². The number of carboxylic acid groups (broad SMARTS) is 1. The van der Waals surface area contributed by atoms with Gasteiger partial charge in [0.25, 0.3) is 0 Å². The van der Waals surface area contributed by atoms with E-state index in [1.165, 1.54) is 0 Å². The van der Waals surface area contributed by atoms with Crippen LogP contribution in [0.15, 0.2) is 70.6 Å². The maximum Gasteiger partial charge on any atom is 0.336 e. The maximum absolute atomic E-state index is 11.3. The molecule has 0 aliphatic heterocycles. The highest BCUT2D eigenvalue weighted by Crippen LogP contribution is 2.16. The van der Waals surface area contributed by atoms with Crippen LogP contribution in [0, 0.1) is 0 Å². The van der Waals surface area contributed by atoms with Gasteiger partial charge < -0.3 is 10.8 Å². The molecule has 0 spiro atoms. The van der Waals surface area contributed by atoms with Crippen LogP contribution in [0.2, 0.25) is 0 Å². The zero-order valence-electron chi connectivity index (χ0n) is 14.3. The van der Waals surface area contributed by atoms with Gasteiger partial charge in [-0.2, -0.15) is 0 Å². The Labute approximate surface area is 150 Å². The minimum atomic E-state index is -0.989. The Morgan fingerprint density at radius 1 is 1.04 bits per heavy atom. The van der Waals surface area contributed by atoms with E-state index in [1.807, 2.05) is 30.3 Å². The normalized spacial score (nSPS) is 12.3. The number of carbonyl (C=O) groups is 1. The predicted octanol–water partition coefficient (Wildman–Crippen LogP) is 3.43. The number of nitrogens with two attached hydrogens (primary N) is 1. The fraction of sp³-hybridized carbons (Fsp3) is 0.100. The van der Waals surface area contributed by atoms with E-state index in [-0.39, 0.29) is 12.1 Å². The van der Waals surface area contributed by atoms with Crippen molar-refractivity contribution < 1.29 is 9.90 Å². The number of hydrogen-bond donors (Lipinski definition) is 2. The molecule has 6 heteroatoms. The first-order chi connectivity index (χ1) is 12.5. The van der Waals surface area contributed by atoms with Crippen molar-refractivity contribution in [2.75, 3.05) is 6.54 Å². The number of aliphatic imine (C=N–C) groups is 2. The zero-order valence-corrected chi connectivity index (χ0v) is 14.3. The lowest BCUT2D eigenvalue weighted by atomic mass is 10.0. The van der Waals surface area contributed by atoms with Crippen molar-refractivity contribution in [1.82, 2.24) is 4.98 Å². The summed E-state index contributed by atoms with van der Waals surface area (Å²) in [5.74, 6) is -0.169. The van der Waals surface area contributed by atoms with E-state index >= 15 is 0 Å². The van der Waals surface area contributed by atoms with Crippen LogP contribution < -0.4 is 5.73 Å². The van der Waals surface area contributed by atoms with Gasteiger partial charge in [-0.05, 0) is 31.2 Å². The number of para-hydroxylation sites is 1. The van der Waals surface area contributed by atoms with Crippen LogP contribution in [0.4, 0.5) is 5.82 Å². The summed E-state index contributed by atoms with van der Waals surface area (Å²) in [5, 5.41) is 10.3. The molecule has 0 bridgehead atoms. The first-order valence-corrected chi connectivity index (χ1v) is 8.07. The largest absolute Gasteiger partial charge is 0.478 e. The lowest BCUT2D eigenvalue weighted by Gasteiger charge is -2.05. The number of carboxylic acids is 1. The third-order valence-corrected chi connectivity index (χ3v) is 3.87. The Kier molecular flexibility index (Phi) is 5.03. The molecule has 26 heavy (non-hydrogen) atoms. The number of amidine groups is 1. The molecule has 0 fully saturated rings. The van der Waals surface area contributed by atoms with E-state index in [0.717, 1.165) is 10.9 Å². The highest BCUT2D eigenvalue weighted by molar-refractivity contribution is 6.08. The van der Waals surface area contributed by atoms with Gasteiger partial charge >= 0.3 is 5.97 Å². The van der Waals surface area contributed by atoms with Crippen LogP contribution in [-0.2, 0) is 0 Å². The van der Waals surface area contributed by atoms with E-state index < -0.39 is 5.97 Å². The lowest BCUT2D eigenvalue weighted by molar-refractivity contribution is 0.0696. The molecule has 3 N–H and O–H groups in total. The van der Waals surface area contributed by atoms with Crippen LogP contribution in [-0.4, -0.2) is 34.2 Å². The van der Waals surface area contributed by atoms with Crippen LogP contribution in [0.1, 0.15) is 22.8 Å². The summed E-state index contributed by atoms with van der Waals surface area (Å²) < 4.78 is 0. The molecule has 0 saturated carbocycles. The number of aromatic nitrogens is 1. The SMILES string of the molecule is CC(=NCC(N)=Nc1ccc2ccccc2n1)c1ccccc1C(=O)O. The third-order valence-electron chi connectivity index (χ3n) is 3.87. The average Bonchev–Trinajstić information content (AvgIpc) is 2.66. The van der Waals surface area contributed by atoms with Gasteiger partial charge in [0.1, 0.15) is 5.84 Å². The first-order valence-electron chi connectivity index (χ1n) is 8.07. The van der Waals surface area contributed by atoms with Gasteiger partial charge in [-0.15, -0.1) is 0 Å². The molecule has 1 aromatic heterocycles. The van der Waals surface area contributed by atoms with E-state index in [4.69, 9.17) is 5.73 Å². The first kappa shape index (κ1) is 17.3. The molecule has 0 amide bonds. The molecular weight excluding hydrogens is 328 g/mol. The minimum absolute atomic E-state index is 0.161. The monoisotopic (exact) mass is 346 g/mol. The van der Waals surface area contributed by atoms with Gasteiger partial charge in [0.05, 0.1) is 17.6 Å². The summed E-state index contributed by atoms with van der Waals surface area (Å²) in [4.78, 5) is 24.4. The third kappa shape index (κ3) is 3.92. The fourth-order valence-electron chi connectivity index (χ4n) is 2.57. The quantitative estimate of drug-likeness (QED) is 0.546. The summed E-state index contributed by atoms with van der Waals surface area (Å²) >= 11 is 0. The summed E-state index contributed by atoms with van der Waals surface area (Å²) in [6.45, 7) is 1.91. The van der Waals surface area contributed by atoms with Crippen molar-refractivity contribution in [3.05, 3.63) is 71.8 Å². The summed E-state index contributed by atoms with van der Waals surface area (Å²) in [6.07, 6.45) is 0. The van der Waals surface area contributed by atoms with Gasteiger partial charge in [0.2, 0.25) is 0 Å². The molecule has 0 aliphatic carbocycles. The Bertz CT molecular complexity index is 1030. The van der Waals surface area contributed by atoms with Crippen molar-refractivity contribution >= 4 is 34.2 Å². The topological polar surface area (TPSA) is 101 Å². The van der Waals surface area contributed by atoms with Gasteiger partial charge in [0.15, 0.2) is 5.82 Å². The Morgan fingerprint density at radius 2 is 1.73 bits per heavy atom. The van der Waals surface area contributed by atoms with E-state index in [1.54, 1.807) is 37.3 Å². The van der Waals surface area contributed by atoms with E-state index in [2.05, 4.69) is 15.0 Å². The number of aromatic carboxylic acids is 1. The van der Waals surface area contributed by atoms with Crippen LogP contribution in [0.5, 0.6) is 0 Å². The molecule has 0 radical (unpaired) electrons. The summed E-state index contributed by atoms with van der Waals surface area (Å²) in [5.41, 5.74) is 8.17. The van der Waals surface area contributed by atoms with Crippen LogP contribution in [0.25, 0.3) is 10.9 Å². The molecule has 130 valence electrons. The van der Waals surface area contributed by atoms with Gasteiger partial charge in [0, 0.05) is 16.7 Å². The molecule has 0 unspecified atom stereocenters. The Hall–Kier alpha value is -3.54. The Balaban J connectivity index is 1.80. The second-order valence-electron chi connectivity index (χ2n) is 5.72. The number of benzene rings is 2. The van der Waals surface area contributed by atoms with Crippen molar-refractivity contribution in [3.63, 3.8) is 0 Å². The second kappa shape index (κ2) is 7.57. The zero-order chi connectivity index (χ0) is 18.5. The second-order valence-corrected chi connectivity index (χ2v) is 5.72. The number of pyridine rings is 1. The van der Waals surface area contributed by atoms with Gasteiger partial charge in [-0.1, -0.05) is 36.4 Å². The smallest absolute Gasteiger partial charge is 0.336 e. The van der Waals surface area contributed by atoms with Crippen LogP contribution >= 0.6 is 0 Å². The standard InChI is InChI=1S/C20H18N4O2/c1-13(15-7-3-4-8-16(15)20(25)26)22-12-18(21)24-19-11-10-14-6-2-5-9-17(14)23-19/h2-11H,12H2,1H3,(H,25,26)(H2,21,23,24). The van der Waals surface area contributed by atoms with E-state index in [0.29, 0.717) is 22.9 Å². The van der Waals surface area contributed by atoms with Crippen molar-refractivity contribution in [3.8, 4) is 0 Å². The van der Waals surface area contributed by atoms with Crippen molar-refractivity contribution in [1.29, 1.82) is 0 Å².